The zero-order chi connectivity index (χ0) is 17.9. The van der Waals surface area contributed by atoms with E-state index < -0.39 is 10.1 Å². The Hall–Kier alpha value is -1.54. The standard InChI is InChI=1S/C13H15AsN4.C2H6O3S.H2O/c1-8(2)6-18-7-16-11-12(18)10-9(17-13(11)14)4-3-5-15-10;1-2-6(3,4)5;/h3-5,7-8H,6,14H2,1-2H3;2H2,1H3,(H,3,4,5);1H2. The van der Waals surface area contributed by atoms with Gasteiger partial charge in [0.2, 0.25) is 0 Å². The monoisotopic (exact) mass is 430 g/mol. The van der Waals surface area contributed by atoms with Gasteiger partial charge in [-0.15, -0.1) is 0 Å². The van der Waals surface area contributed by atoms with Crippen molar-refractivity contribution in [3.63, 3.8) is 0 Å². The van der Waals surface area contributed by atoms with Crippen LogP contribution in [0.25, 0.3) is 22.1 Å². The minimum atomic E-state index is -3.66. The number of fused-ring (bicyclic) bond motifs is 3. The van der Waals surface area contributed by atoms with E-state index in [9.17, 15) is 8.42 Å². The zero-order valence-electron chi connectivity index (χ0n) is 14.3. The third kappa shape index (κ3) is 5.47. The smallest absolute Gasteiger partial charge is 0.264 e. The molecular weight excluding hydrogens is 407 g/mol. The van der Waals surface area contributed by atoms with Crippen molar-refractivity contribution in [3.8, 4) is 0 Å². The molecule has 0 fully saturated rings. The van der Waals surface area contributed by atoms with Crippen molar-refractivity contribution in [3.05, 3.63) is 24.7 Å². The van der Waals surface area contributed by atoms with Gasteiger partial charge in [-0.2, -0.15) is 8.42 Å². The molecule has 0 amide bonds. The van der Waals surface area contributed by atoms with Crippen LogP contribution in [0, 0.1) is 5.92 Å². The second kappa shape index (κ2) is 8.71. The first-order valence-corrected chi connectivity index (χ1v) is 10.3. The minimum absolute atomic E-state index is 0. The maximum absolute atomic E-state index is 9.56. The van der Waals surface area contributed by atoms with Gasteiger partial charge in [0, 0.05) is 0 Å². The van der Waals surface area contributed by atoms with Crippen LogP contribution in [0.15, 0.2) is 24.7 Å². The van der Waals surface area contributed by atoms with Crippen LogP contribution in [0.1, 0.15) is 20.8 Å². The summed E-state index contributed by atoms with van der Waals surface area (Å²) in [6.45, 7) is 6.74. The van der Waals surface area contributed by atoms with Crippen LogP contribution < -0.4 is 4.48 Å². The SMILES string of the molecule is CC(C)Cn1cnc2c([AsH2])nc3cccnc3c21.CCS(=O)(=O)O.O. The van der Waals surface area contributed by atoms with Crippen LogP contribution in [0.4, 0.5) is 0 Å². The van der Waals surface area contributed by atoms with Crippen LogP contribution in [0.2, 0.25) is 0 Å². The molecule has 0 radical (unpaired) electrons. The maximum Gasteiger partial charge on any atom is 0.264 e. The molecule has 3 aromatic heterocycles. The van der Waals surface area contributed by atoms with Crippen LogP contribution in [0.3, 0.4) is 0 Å². The van der Waals surface area contributed by atoms with Gasteiger partial charge in [-0.05, 0) is 6.92 Å². The number of aromatic nitrogens is 4. The second-order valence-corrected chi connectivity index (χ2v) is 8.62. The number of nitrogens with zero attached hydrogens (tertiary/aromatic N) is 4. The van der Waals surface area contributed by atoms with Crippen molar-refractivity contribution in [2.75, 3.05) is 5.75 Å². The van der Waals surface area contributed by atoms with E-state index in [2.05, 4.69) is 33.4 Å². The predicted molar refractivity (Wildman–Crippen MR) is 102 cm³/mol. The van der Waals surface area contributed by atoms with Gasteiger partial charge in [0.05, 0.1) is 5.75 Å². The van der Waals surface area contributed by atoms with Crippen molar-refractivity contribution in [2.45, 2.75) is 27.3 Å². The van der Waals surface area contributed by atoms with E-state index in [-0.39, 0.29) is 11.2 Å². The van der Waals surface area contributed by atoms with Gasteiger partial charge in [0.15, 0.2) is 0 Å². The van der Waals surface area contributed by atoms with E-state index in [1.54, 1.807) is 0 Å². The fourth-order valence-electron chi connectivity index (χ4n) is 2.20. The average Bonchev–Trinajstić information content (AvgIpc) is 2.91. The molecule has 0 aliphatic rings. The number of pyridine rings is 2. The van der Waals surface area contributed by atoms with Gasteiger partial charge < -0.3 is 5.48 Å². The number of hydrogen-bond donors (Lipinski definition) is 1. The van der Waals surface area contributed by atoms with Crippen molar-refractivity contribution < 1.29 is 18.4 Å². The van der Waals surface area contributed by atoms with Crippen molar-refractivity contribution in [1.29, 1.82) is 0 Å². The summed E-state index contributed by atoms with van der Waals surface area (Å²) in [4.78, 5) is 13.6. The molecule has 25 heavy (non-hydrogen) atoms. The van der Waals surface area contributed by atoms with Crippen LogP contribution in [-0.4, -0.2) is 60.6 Å². The van der Waals surface area contributed by atoms with Crippen LogP contribution >= 0.6 is 0 Å². The number of hydrogen-bond acceptors (Lipinski definition) is 5. The summed E-state index contributed by atoms with van der Waals surface area (Å²) in [6, 6.07) is 3.94. The van der Waals surface area contributed by atoms with Crippen molar-refractivity contribution in [1.82, 2.24) is 19.5 Å². The molecule has 3 heterocycles. The van der Waals surface area contributed by atoms with Gasteiger partial charge in [0.1, 0.15) is 0 Å². The second-order valence-electron chi connectivity index (χ2n) is 5.73. The molecule has 0 aromatic carbocycles. The Labute approximate surface area is 155 Å². The minimum Gasteiger partial charge on any atom is -0.412 e. The van der Waals surface area contributed by atoms with Crippen LogP contribution in [0.5, 0.6) is 0 Å². The Balaban J connectivity index is 0.000000390. The Bertz CT molecular complexity index is 957. The molecule has 1 atom stereocenters. The fraction of sp³-hybridized carbons (Fsp3) is 0.400. The van der Waals surface area contributed by atoms with E-state index >= 15 is 0 Å². The molecule has 0 spiro atoms. The van der Waals surface area contributed by atoms with Gasteiger partial charge in [-0.1, -0.05) is 0 Å². The Morgan fingerprint density at radius 3 is 2.48 bits per heavy atom. The quantitative estimate of drug-likeness (QED) is 0.459. The van der Waals surface area contributed by atoms with Gasteiger partial charge >= 0.3 is 114 Å². The topological polar surface area (TPSA) is 129 Å². The van der Waals surface area contributed by atoms with Gasteiger partial charge in [-0.3, -0.25) is 4.55 Å². The Morgan fingerprint density at radius 1 is 1.28 bits per heavy atom. The molecule has 0 saturated carbocycles. The van der Waals surface area contributed by atoms with E-state index in [0.29, 0.717) is 5.92 Å². The molecule has 1 unspecified atom stereocenters. The van der Waals surface area contributed by atoms with E-state index in [4.69, 9.17) is 4.55 Å². The molecule has 10 heteroatoms. The molecule has 3 rings (SSSR count). The van der Waals surface area contributed by atoms with E-state index in [0.717, 1.165) is 33.1 Å². The van der Waals surface area contributed by atoms with Gasteiger partial charge in [0.25, 0.3) is 10.1 Å². The summed E-state index contributed by atoms with van der Waals surface area (Å²) in [5, 5.41) is 0. The van der Waals surface area contributed by atoms with Crippen molar-refractivity contribution >= 4 is 53.5 Å². The molecule has 0 aliphatic carbocycles. The summed E-state index contributed by atoms with van der Waals surface area (Å²) in [7, 11) is -3.66. The molecule has 0 aliphatic heterocycles. The summed E-state index contributed by atoms with van der Waals surface area (Å²) in [5.41, 5.74) is 4.01. The summed E-state index contributed by atoms with van der Waals surface area (Å²) >= 11 is 1.51. The molecule has 3 aromatic rings. The number of imidazole rings is 1. The summed E-state index contributed by atoms with van der Waals surface area (Å²) in [5.74, 6) is 0.382. The van der Waals surface area contributed by atoms with E-state index in [1.165, 1.54) is 23.8 Å². The first-order chi connectivity index (χ1) is 11.2. The molecular formula is C15H23AsN4O4S. The van der Waals surface area contributed by atoms with Gasteiger partial charge in [-0.25, -0.2) is 0 Å². The zero-order valence-corrected chi connectivity index (χ0v) is 17.6. The van der Waals surface area contributed by atoms with E-state index in [1.807, 2.05) is 24.7 Å². The number of rotatable bonds is 3. The molecule has 8 nitrogen and oxygen atoms in total. The third-order valence-electron chi connectivity index (χ3n) is 3.26. The first-order valence-electron chi connectivity index (χ1n) is 7.53. The first kappa shape index (κ1) is 21.5. The van der Waals surface area contributed by atoms with Crippen LogP contribution in [-0.2, 0) is 16.7 Å². The summed E-state index contributed by atoms with van der Waals surface area (Å²) < 4.78 is 30.1. The van der Waals surface area contributed by atoms with Crippen molar-refractivity contribution in [2.24, 2.45) is 5.92 Å². The molecule has 3 N–H and O–H groups in total. The average molecular weight is 430 g/mol. The molecule has 0 saturated heterocycles. The Morgan fingerprint density at radius 2 is 1.92 bits per heavy atom. The fourth-order valence-corrected chi connectivity index (χ4v) is 2.94. The summed E-state index contributed by atoms with van der Waals surface area (Å²) in [6.07, 6.45) is 3.72. The Kier molecular flexibility index (Phi) is 7.49. The normalized spacial score (nSPS) is 11.3. The maximum atomic E-state index is 9.56. The third-order valence-corrected chi connectivity index (χ3v) is 4.83. The predicted octanol–water partition coefficient (Wildman–Crippen LogP) is -0.0367. The molecule has 0 bridgehead atoms. The largest absolute Gasteiger partial charge is 0.412 e. The molecule has 138 valence electrons.